The molecule has 0 aromatic rings. The minimum absolute atomic E-state index is 0.0739. The molecule has 5 nitrogen and oxygen atoms in total. The monoisotopic (exact) mass is 298 g/mol. The third-order valence-electron chi connectivity index (χ3n) is 4.26. The minimum atomic E-state index is -0.800. The Balaban J connectivity index is 2.65. The second-order valence-electron chi connectivity index (χ2n) is 6.14. The third kappa shape index (κ3) is 5.56. The fourth-order valence-corrected chi connectivity index (χ4v) is 3.08. The number of carbonyl (C=O) groups is 2. The normalized spacial score (nSPS) is 16.0. The number of urea groups is 1. The summed E-state index contributed by atoms with van der Waals surface area (Å²) in [7, 11) is 0. The van der Waals surface area contributed by atoms with E-state index in [0.29, 0.717) is 19.0 Å². The van der Waals surface area contributed by atoms with Gasteiger partial charge in [-0.2, -0.15) is 0 Å². The molecule has 1 aliphatic rings. The van der Waals surface area contributed by atoms with Gasteiger partial charge in [-0.1, -0.05) is 19.3 Å². The highest BCUT2D eigenvalue weighted by molar-refractivity contribution is 5.75. The highest BCUT2D eigenvalue weighted by Crippen LogP contribution is 2.24. The SMILES string of the molecule is CCN(C(=O)N(CCCC(=O)O)C(C)C)C1CCCCC1. The first kappa shape index (κ1) is 17.8. The van der Waals surface area contributed by atoms with Crippen LogP contribution in [0.5, 0.6) is 0 Å². The Morgan fingerprint density at radius 2 is 1.81 bits per heavy atom. The van der Waals surface area contributed by atoms with Gasteiger partial charge in [0.2, 0.25) is 0 Å². The summed E-state index contributed by atoms with van der Waals surface area (Å²) in [5.74, 6) is -0.800. The maximum atomic E-state index is 12.8. The van der Waals surface area contributed by atoms with Gasteiger partial charge in [-0.3, -0.25) is 4.79 Å². The van der Waals surface area contributed by atoms with E-state index >= 15 is 0 Å². The Morgan fingerprint density at radius 3 is 2.29 bits per heavy atom. The second-order valence-corrected chi connectivity index (χ2v) is 6.14. The molecule has 1 N–H and O–H groups in total. The van der Waals surface area contributed by atoms with Gasteiger partial charge in [-0.05, 0) is 40.0 Å². The molecule has 1 rings (SSSR count). The summed E-state index contributed by atoms with van der Waals surface area (Å²) in [6.45, 7) is 7.26. The Labute approximate surface area is 128 Å². The molecule has 5 heteroatoms. The molecule has 1 fully saturated rings. The van der Waals surface area contributed by atoms with Gasteiger partial charge in [0.15, 0.2) is 0 Å². The largest absolute Gasteiger partial charge is 0.481 e. The van der Waals surface area contributed by atoms with Crippen LogP contribution < -0.4 is 0 Å². The van der Waals surface area contributed by atoms with Gasteiger partial charge in [0.25, 0.3) is 0 Å². The predicted molar refractivity (Wildman–Crippen MR) is 83.4 cm³/mol. The van der Waals surface area contributed by atoms with Crippen molar-refractivity contribution in [2.45, 2.75) is 77.8 Å². The fraction of sp³-hybridized carbons (Fsp3) is 0.875. The number of amides is 2. The lowest BCUT2D eigenvalue weighted by atomic mass is 9.94. The lowest BCUT2D eigenvalue weighted by Gasteiger charge is -2.38. The molecule has 0 saturated heterocycles. The highest BCUT2D eigenvalue weighted by Gasteiger charge is 2.28. The van der Waals surface area contributed by atoms with Crippen LogP contribution in [0.25, 0.3) is 0 Å². The maximum Gasteiger partial charge on any atom is 0.320 e. The molecule has 0 atom stereocenters. The van der Waals surface area contributed by atoms with Crippen LogP contribution in [-0.2, 0) is 4.79 Å². The van der Waals surface area contributed by atoms with Crippen molar-refractivity contribution in [2.24, 2.45) is 0 Å². The molecule has 2 amide bonds. The Bertz CT molecular complexity index is 338. The summed E-state index contributed by atoms with van der Waals surface area (Å²) in [4.78, 5) is 27.2. The average Bonchev–Trinajstić information content (AvgIpc) is 2.44. The molecule has 0 aromatic carbocycles. The quantitative estimate of drug-likeness (QED) is 0.784. The first-order valence-electron chi connectivity index (χ1n) is 8.26. The fourth-order valence-electron chi connectivity index (χ4n) is 3.08. The number of hydrogen-bond donors (Lipinski definition) is 1. The van der Waals surface area contributed by atoms with Crippen LogP contribution in [0.2, 0.25) is 0 Å². The van der Waals surface area contributed by atoms with Crippen molar-refractivity contribution in [1.29, 1.82) is 0 Å². The molecule has 0 aliphatic heterocycles. The van der Waals surface area contributed by atoms with Gasteiger partial charge in [-0.25, -0.2) is 4.79 Å². The zero-order chi connectivity index (χ0) is 15.8. The molecule has 0 spiro atoms. The lowest BCUT2D eigenvalue weighted by Crippen LogP contribution is -2.51. The van der Waals surface area contributed by atoms with Crippen LogP contribution in [0.4, 0.5) is 4.79 Å². The van der Waals surface area contributed by atoms with Crippen molar-refractivity contribution in [1.82, 2.24) is 9.80 Å². The van der Waals surface area contributed by atoms with E-state index in [4.69, 9.17) is 5.11 Å². The van der Waals surface area contributed by atoms with E-state index in [2.05, 4.69) is 0 Å². The maximum absolute atomic E-state index is 12.8. The zero-order valence-corrected chi connectivity index (χ0v) is 13.7. The van der Waals surface area contributed by atoms with Crippen LogP contribution >= 0.6 is 0 Å². The number of carboxylic acids is 1. The summed E-state index contributed by atoms with van der Waals surface area (Å²) >= 11 is 0. The van der Waals surface area contributed by atoms with E-state index in [9.17, 15) is 9.59 Å². The number of carboxylic acid groups (broad SMARTS) is 1. The molecule has 21 heavy (non-hydrogen) atoms. The molecular weight excluding hydrogens is 268 g/mol. The van der Waals surface area contributed by atoms with Crippen LogP contribution in [0, 0.1) is 0 Å². The smallest absolute Gasteiger partial charge is 0.320 e. The van der Waals surface area contributed by atoms with E-state index in [0.717, 1.165) is 19.4 Å². The van der Waals surface area contributed by atoms with E-state index in [1.165, 1.54) is 19.3 Å². The van der Waals surface area contributed by atoms with Crippen molar-refractivity contribution in [3.63, 3.8) is 0 Å². The Morgan fingerprint density at radius 1 is 1.19 bits per heavy atom. The number of nitrogens with zero attached hydrogens (tertiary/aromatic N) is 2. The molecule has 0 radical (unpaired) electrons. The molecule has 122 valence electrons. The molecule has 0 heterocycles. The van der Waals surface area contributed by atoms with E-state index in [-0.39, 0.29) is 18.5 Å². The topological polar surface area (TPSA) is 60.9 Å². The van der Waals surface area contributed by atoms with Crippen LogP contribution in [-0.4, -0.2) is 52.1 Å². The van der Waals surface area contributed by atoms with Crippen LogP contribution in [0.1, 0.15) is 65.7 Å². The number of rotatable bonds is 7. The van der Waals surface area contributed by atoms with Gasteiger partial charge in [0, 0.05) is 31.6 Å². The molecule has 1 aliphatic carbocycles. The molecule has 0 unspecified atom stereocenters. The van der Waals surface area contributed by atoms with Gasteiger partial charge < -0.3 is 14.9 Å². The molecular formula is C16H30N2O3. The summed E-state index contributed by atoms with van der Waals surface area (Å²) in [5, 5.41) is 8.75. The van der Waals surface area contributed by atoms with Gasteiger partial charge >= 0.3 is 12.0 Å². The minimum Gasteiger partial charge on any atom is -0.481 e. The summed E-state index contributed by atoms with van der Waals surface area (Å²) in [6.07, 6.45) is 6.51. The summed E-state index contributed by atoms with van der Waals surface area (Å²) in [6, 6.07) is 0.533. The number of hydrogen-bond acceptors (Lipinski definition) is 2. The van der Waals surface area contributed by atoms with Crippen molar-refractivity contribution < 1.29 is 14.7 Å². The summed E-state index contributed by atoms with van der Waals surface area (Å²) in [5.41, 5.74) is 0. The zero-order valence-electron chi connectivity index (χ0n) is 13.7. The molecule has 1 saturated carbocycles. The van der Waals surface area contributed by atoms with Gasteiger partial charge in [-0.15, -0.1) is 0 Å². The van der Waals surface area contributed by atoms with Crippen molar-refractivity contribution in [2.75, 3.05) is 13.1 Å². The first-order chi connectivity index (χ1) is 9.97. The van der Waals surface area contributed by atoms with Crippen molar-refractivity contribution in [3.8, 4) is 0 Å². The van der Waals surface area contributed by atoms with E-state index in [1.54, 1.807) is 0 Å². The Kier molecular flexibility index (Phi) is 7.54. The van der Waals surface area contributed by atoms with E-state index < -0.39 is 5.97 Å². The van der Waals surface area contributed by atoms with Crippen molar-refractivity contribution >= 4 is 12.0 Å². The standard InChI is InChI=1S/C16H30N2O3/c1-4-17(14-9-6-5-7-10-14)16(21)18(13(2)3)12-8-11-15(19)20/h13-14H,4-12H2,1-3H3,(H,19,20). The first-order valence-corrected chi connectivity index (χ1v) is 8.26. The van der Waals surface area contributed by atoms with Gasteiger partial charge in [0.1, 0.15) is 0 Å². The third-order valence-corrected chi connectivity index (χ3v) is 4.26. The second kappa shape index (κ2) is 8.90. The predicted octanol–water partition coefficient (Wildman–Crippen LogP) is 3.34. The van der Waals surface area contributed by atoms with Crippen LogP contribution in [0.3, 0.4) is 0 Å². The molecule has 0 aromatic heterocycles. The average molecular weight is 298 g/mol. The van der Waals surface area contributed by atoms with Gasteiger partial charge in [0.05, 0.1) is 0 Å². The number of aliphatic carboxylic acids is 1. The lowest BCUT2D eigenvalue weighted by molar-refractivity contribution is -0.137. The van der Waals surface area contributed by atoms with E-state index in [1.807, 2.05) is 30.6 Å². The van der Waals surface area contributed by atoms with Crippen LogP contribution in [0.15, 0.2) is 0 Å². The summed E-state index contributed by atoms with van der Waals surface area (Å²) < 4.78 is 0. The number of carbonyl (C=O) groups excluding carboxylic acids is 1. The highest BCUT2D eigenvalue weighted by atomic mass is 16.4. The Hall–Kier alpha value is -1.26. The molecule has 0 bridgehead atoms. The van der Waals surface area contributed by atoms with Crippen molar-refractivity contribution in [3.05, 3.63) is 0 Å².